The molecule has 1 aliphatic heterocycles. The molecular weight excluding hydrogens is 271 g/mol. The molecule has 1 atom stereocenters. The number of ether oxygens (including phenoxy) is 1. The minimum atomic E-state index is -0.262. The monoisotopic (exact) mass is 294 g/mol. The van der Waals surface area contributed by atoms with Crippen molar-refractivity contribution in [3.8, 4) is 0 Å². The zero-order valence-corrected chi connectivity index (χ0v) is 12.3. The molecule has 2 N–H and O–H groups in total. The summed E-state index contributed by atoms with van der Waals surface area (Å²) in [6.07, 6.45) is 3.25. The molecule has 0 bridgehead atoms. The first-order valence-corrected chi connectivity index (χ1v) is 7.55. The van der Waals surface area contributed by atoms with Crippen LogP contribution in [0, 0.1) is 5.82 Å². The summed E-state index contributed by atoms with van der Waals surface area (Å²) in [6, 6.07) is 6.28. The molecular formula is C16H23FN2O2. The molecule has 4 nitrogen and oxygen atoms in total. The minimum Gasteiger partial charge on any atom is -0.370 e. The molecule has 0 aromatic heterocycles. The summed E-state index contributed by atoms with van der Waals surface area (Å²) >= 11 is 0. The van der Waals surface area contributed by atoms with Gasteiger partial charge in [0.25, 0.3) is 0 Å². The summed E-state index contributed by atoms with van der Waals surface area (Å²) < 4.78 is 18.6. The molecule has 2 rings (SSSR count). The van der Waals surface area contributed by atoms with Crippen LogP contribution in [0.1, 0.15) is 37.4 Å². The molecule has 0 saturated carbocycles. The highest BCUT2D eigenvalue weighted by atomic mass is 19.1. The SMILES string of the molecule is NCCCCCC(=O)N1CCOC(c2ccc(F)cc2)C1. The highest BCUT2D eigenvalue weighted by Gasteiger charge is 2.24. The zero-order valence-electron chi connectivity index (χ0n) is 12.3. The van der Waals surface area contributed by atoms with Crippen LogP contribution in [0.15, 0.2) is 24.3 Å². The number of amides is 1. The average Bonchev–Trinajstić information content (AvgIpc) is 2.52. The zero-order chi connectivity index (χ0) is 15.1. The maximum atomic E-state index is 12.9. The lowest BCUT2D eigenvalue weighted by molar-refractivity contribution is -0.139. The Morgan fingerprint density at radius 3 is 2.76 bits per heavy atom. The lowest BCUT2D eigenvalue weighted by atomic mass is 10.1. The molecule has 0 aliphatic carbocycles. The molecule has 1 saturated heterocycles. The van der Waals surface area contributed by atoms with Gasteiger partial charge in [-0.15, -0.1) is 0 Å². The van der Waals surface area contributed by atoms with Crippen molar-refractivity contribution in [2.75, 3.05) is 26.2 Å². The second-order valence-electron chi connectivity index (χ2n) is 5.35. The summed E-state index contributed by atoms with van der Waals surface area (Å²) in [5, 5.41) is 0. The lowest BCUT2D eigenvalue weighted by Gasteiger charge is -2.33. The van der Waals surface area contributed by atoms with Gasteiger partial charge >= 0.3 is 0 Å². The van der Waals surface area contributed by atoms with Crippen LogP contribution in [0.4, 0.5) is 4.39 Å². The molecule has 1 aromatic carbocycles. The molecule has 1 aromatic rings. The number of hydrogen-bond donors (Lipinski definition) is 1. The highest BCUT2D eigenvalue weighted by Crippen LogP contribution is 2.23. The van der Waals surface area contributed by atoms with Crippen molar-refractivity contribution in [1.82, 2.24) is 4.90 Å². The molecule has 21 heavy (non-hydrogen) atoms. The summed E-state index contributed by atoms with van der Waals surface area (Å²) in [7, 11) is 0. The number of rotatable bonds is 6. The van der Waals surface area contributed by atoms with Gasteiger partial charge in [0.05, 0.1) is 13.2 Å². The first-order chi connectivity index (χ1) is 10.2. The van der Waals surface area contributed by atoms with E-state index in [0.29, 0.717) is 32.7 Å². The average molecular weight is 294 g/mol. The second-order valence-corrected chi connectivity index (χ2v) is 5.35. The van der Waals surface area contributed by atoms with Crippen LogP contribution in [0.2, 0.25) is 0 Å². The Bertz CT molecular complexity index is 450. The Morgan fingerprint density at radius 2 is 2.05 bits per heavy atom. The predicted octanol–water partition coefficient (Wildman–Crippen LogP) is 2.24. The van der Waals surface area contributed by atoms with Gasteiger partial charge in [0.2, 0.25) is 5.91 Å². The van der Waals surface area contributed by atoms with Crippen molar-refractivity contribution in [3.05, 3.63) is 35.6 Å². The van der Waals surface area contributed by atoms with E-state index in [4.69, 9.17) is 10.5 Å². The Kier molecular flexibility index (Phi) is 6.14. The van der Waals surface area contributed by atoms with Gasteiger partial charge in [-0.05, 0) is 37.1 Å². The van der Waals surface area contributed by atoms with Crippen molar-refractivity contribution in [1.29, 1.82) is 0 Å². The maximum Gasteiger partial charge on any atom is 0.222 e. The Morgan fingerprint density at radius 1 is 1.29 bits per heavy atom. The number of morpholine rings is 1. The molecule has 1 amide bonds. The van der Waals surface area contributed by atoms with E-state index in [9.17, 15) is 9.18 Å². The van der Waals surface area contributed by atoms with Gasteiger partial charge in [0.1, 0.15) is 11.9 Å². The number of carbonyl (C=O) groups is 1. The van der Waals surface area contributed by atoms with Crippen LogP contribution in [0.3, 0.4) is 0 Å². The van der Waals surface area contributed by atoms with E-state index in [2.05, 4.69) is 0 Å². The third kappa shape index (κ3) is 4.79. The number of nitrogens with zero attached hydrogens (tertiary/aromatic N) is 1. The number of nitrogens with two attached hydrogens (primary N) is 1. The van der Waals surface area contributed by atoms with Gasteiger partial charge in [0.15, 0.2) is 0 Å². The minimum absolute atomic E-state index is 0.160. The summed E-state index contributed by atoms with van der Waals surface area (Å²) in [6.45, 7) is 2.38. The van der Waals surface area contributed by atoms with E-state index in [-0.39, 0.29) is 17.8 Å². The Labute approximate surface area is 125 Å². The van der Waals surface area contributed by atoms with Crippen molar-refractivity contribution in [2.24, 2.45) is 5.73 Å². The van der Waals surface area contributed by atoms with E-state index in [1.54, 1.807) is 12.1 Å². The first kappa shape index (κ1) is 15.9. The van der Waals surface area contributed by atoms with Crippen LogP contribution >= 0.6 is 0 Å². The number of carbonyl (C=O) groups excluding carboxylic acids is 1. The molecule has 1 aliphatic rings. The predicted molar refractivity (Wildman–Crippen MR) is 79.2 cm³/mol. The summed E-state index contributed by atoms with van der Waals surface area (Å²) in [5.74, 6) is -0.0928. The fourth-order valence-corrected chi connectivity index (χ4v) is 2.51. The van der Waals surface area contributed by atoms with Crippen molar-refractivity contribution in [2.45, 2.75) is 31.8 Å². The van der Waals surface area contributed by atoms with E-state index in [1.165, 1.54) is 12.1 Å². The number of benzene rings is 1. The van der Waals surface area contributed by atoms with Crippen molar-refractivity contribution >= 4 is 5.91 Å². The first-order valence-electron chi connectivity index (χ1n) is 7.55. The fraction of sp³-hybridized carbons (Fsp3) is 0.562. The second kappa shape index (κ2) is 8.10. The van der Waals surface area contributed by atoms with Crippen molar-refractivity contribution in [3.63, 3.8) is 0 Å². The number of unbranched alkanes of at least 4 members (excludes halogenated alkanes) is 2. The number of hydrogen-bond acceptors (Lipinski definition) is 3. The van der Waals surface area contributed by atoms with Crippen LogP contribution in [0.5, 0.6) is 0 Å². The van der Waals surface area contributed by atoms with E-state index in [1.807, 2.05) is 4.90 Å². The smallest absolute Gasteiger partial charge is 0.222 e. The third-order valence-electron chi connectivity index (χ3n) is 3.76. The van der Waals surface area contributed by atoms with E-state index in [0.717, 1.165) is 24.8 Å². The van der Waals surface area contributed by atoms with Gasteiger partial charge in [-0.25, -0.2) is 4.39 Å². The fourth-order valence-electron chi connectivity index (χ4n) is 2.51. The molecule has 5 heteroatoms. The molecule has 1 heterocycles. The summed E-state index contributed by atoms with van der Waals surface area (Å²) in [5.41, 5.74) is 6.36. The van der Waals surface area contributed by atoms with Gasteiger partial charge in [-0.3, -0.25) is 4.79 Å². The van der Waals surface area contributed by atoms with Crippen LogP contribution in [0.25, 0.3) is 0 Å². The van der Waals surface area contributed by atoms with Gasteiger partial charge < -0.3 is 15.4 Å². The van der Waals surface area contributed by atoms with Crippen molar-refractivity contribution < 1.29 is 13.9 Å². The molecule has 1 unspecified atom stereocenters. The quantitative estimate of drug-likeness (QED) is 0.819. The lowest BCUT2D eigenvalue weighted by Crippen LogP contribution is -2.42. The van der Waals surface area contributed by atoms with Gasteiger partial charge in [-0.2, -0.15) is 0 Å². The third-order valence-corrected chi connectivity index (χ3v) is 3.76. The maximum absolute atomic E-state index is 12.9. The van der Waals surface area contributed by atoms with E-state index < -0.39 is 0 Å². The van der Waals surface area contributed by atoms with Gasteiger partial charge in [0, 0.05) is 13.0 Å². The normalized spacial score (nSPS) is 18.8. The highest BCUT2D eigenvalue weighted by molar-refractivity contribution is 5.76. The Balaban J connectivity index is 1.85. The Hall–Kier alpha value is -1.46. The molecule has 0 spiro atoms. The van der Waals surface area contributed by atoms with Crippen LogP contribution in [-0.4, -0.2) is 37.0 Å². The number of halogens is 1. The standard InChI is InChI=1S/C16H23FN2O2/c17-14-7-5-13(6-8-14)15-12-19(10-11-21-15)16(20)4-2-1-3-9-18/h5-8,15H,1-4,9-12,18H2. The topological polar surface area (TPSA) is 55.6 Å². The molecule has 0 radical (unpaired) electrons. The molecule has 1 fully saturated rings. The largest absolute Gasteiger partial charge is 0.370 e. The van der Waals surface area contributed by atoms with Crippen LogP contribution < -0.4 is 5.73 Å². The van der Waals surface area contributed by atoms with E-state index >= 15 is 0 Å². The van der Waals surface area contributed by atoms with Crippen LogP contribution in [-0.2, 0) is 9.53 Å². The summed E-state index contributed by atoms with van der Waals surface area (Å²) in [4.78, 5) is 14.0. The van der Waals surface area contributed by atoms with Gasteiger partial charge in [-0.1, -0.05) is 18.6 Å². The molecule has 116 valence electrons.